The minimum Gasteiger partial charge on any atom is -0.477 e. The molecule has 504 valence electrons. The largest absolute Gasteiger partial charge is 0.477 e. The summed E-state index contributed by atoms with van der Waals surface area (Å²) in [5, 5.41) is 9.75. The van der Waals surface area contributed by atoms with E-state index in [1.54, 1.807) is 0 Å². The molecule has 0 saturated carbocycles. The zero-order valence-electron chi connectivity index (χ0n) is 57.7. The van der Waals surface area contributed by atoms with Gasteiger partial charge in [-0.05, 0) is 89.9 Å². The van der Waals surface area contributed by atoms with Gasteiger partial charge in [0.25, 0.3) is 6.29 Å². The number of carbonyl (C=O) groups excluding carboxylic acids is 2. The van der Waals surface area contributed by atoms with E-state index in [9.17, 15) is 19.5 Å². The SMILES string of the molecule is CC/C=C\C/C=C\C/C=C\C/C=C\CCCCCCCCCCCCCCCCCCCCCCCCCCCCC(=O)OC(COC(=O)CCCCCCCCCC/C=C\C/C=C\C/C=C\CCCCCCC)COC(OCC[N+](C)(C)C)C(=O)O. The van der Waals surface area contributed by atoms with Gasteiger partial charge in [0.05, 0.1) is 34.4 Å². The summed E-state index contributed by atoms with van der Waals surface area (Å²) in [6.45, 7) is 4.78. The molecule has 0 radical (unpaired) electrons. The zero-order chi connectivity index (χ0) is 63.3. The Morgan fingerprint density at radius 3 is 0.977 bits per heavy atom. The second-order valence-electron chi connectivity index (χ2n) is 25.9. The highest BCUT2D eigenvalue weighted by molar-refractivity contribution is 5.71. The van der Waals surface area contributed by atoms with Gasteiger partial charge >= 0.3 is 17.9 Å². The lowest BCUT2D eigenvalue weighted by Crippen LogP contribution is -2.40. The van der Waals surface area contributed by atoms with E-state index in [1.165, 1.54) is 218 Å². The molecular weight excluding hydrogens is 1080 g/mol. The van der Waals surface area contributed by atoms with Gasteiger partial charge in [-0.15, -0.1) is 0 Å². The van der Waals surface area contributed by atoms with Crippen molar-refractivity contribution < 1.29 is 42.9 Å². The highest BCUT2D eigenvalue weighted by atomic mass is 16.7. The number of hydrogen-bond acceptors (Lipinski definition) is 7. The number of aliphatic carboxylic acids is 1. The summed E-state index contributed by atoms with van der Waals surface area (Å²) in [5.74, 6) is -2.00. The maximum atomic E-state index is 13.0. The van der Waals surface area contributed by atoms with E-state index in [-0.39, 0.29) is 32.2 Å². The number of quaternary nitrogens is 1. The molecule has 9 nitrogen and oxygen atoms in total. The predicted molar refractivity (Wildman–Crippen MR) is 373 cm³/mol. The molecule has 0 fully saturated rings. The number of unbranched alkanes of at least 4 members (excludes halogenated alkanes) is 39. The van der Waals surface area contributed by atoms with Crippen molar-refractivity contribution in [1.82, 2.24) is 0 Å². The van der Waals surface area contributed by atoms with E-state index in [1.807, 2.05) is 21.1 Å². The van der Waals surface area contributed by atoms with Crippen LogP contribution in [0.4, 0.5) is 0 Å². The first-order valence-electron chi connectivity index (χ1n) is 36.8. The summed E-state index contributed by atoms with van der Waals surface area (Å²) in [5.41, 5.74) is 0. The zero-order valence-corrected chi connectivity index (χ0v) is 57.7. The van der Waals surface area contributed by atoms with Gasteiger partial charge in [-0.2, -0.15) is 0 Å². The van der Waals surface area contributed by atoms with Crippen LogP contribution in [0.1, 0.15) is 335 Å². The Labute approximate surface area is 538 Å². The molecule has 2 unspecified atom stereocenters. The van der Waals surface area contributed by atoms with Gasteiger partial charge in [-0.25, -0.2) is 4.79 Å². The Morgan fingerprint density at radius 1 is 0.356 bits per heavy atom. The van der Waals surface area contributed by atoms with E-state index in [0.29, 0.717) is 17.4 Å². The van der Waals surface area contributed by atoms with Crippen molar-refractivity contribution >= 4 is 17.9 Å². The first kappa shape index (κ1) is 83.5. The molecule has 0 aromatic heterocycles. The molecule has 0 aliphatic rings. The molecule has 0 aliphatic heterocycles. The number of likely N-dealkylation sites (N-methyl/N-ethyl adjacent to an activating group) is 1. The van der Waals surface area contributed by atoms with Crippen molar-refractivity contribution in [3.8, 4) is 0 Å². The molecule has 9 heteroatoms. The summed E-state index contributed by atoms with van der Waals surface area (Å²) in [6.07, 6.45) is 90.0. The number of carboxylic acids is 1. The third kappa shape index (κ3) is 69.8. The number of hydrogen-bond donors (Lipinski definition) is 1. The van der Waals surface area contributed by atoms with Crippen LogP contribution in [0.5, 0.6) is 0 Å². The standard InChI is InChI=1S/C78H139NO8/c1-6-8-10-12-14-16-18-20-22-24-26-28-30-31-32-33-34-35-36-37-38-39-40-41-42-43-44-45-47-49-51-53-55-57-59-61-63-65-67-69-76(81)87-74(73-86-78(77(82)83)84-71-70-79(3,4)5)72-85-75(80)68-66-64-62-60-58-56-54-52-50-48-46-29-27-25-23-21-19-17-15-13-11-9-7-2/h8,10,14,16,19-22,25-28,46,48,74,78H,6-7,9,11-13,15,17-18,23-24,29-45,47,49-73H2,1-5H3/p+1/b10-8-,16-14-,21-19-,22-20-,27-25-,28-26-,48-46-. The van der Waals surface area contributed by atoms with Crippen molar-refractivity contribution in [1.29, 1.82) is 0 Å². The number of carboxylic acid groups (broad SMARTS) is 1. The Kier molecular flexibility index (Phi) is 65.6. The van der Waals surface area contributed by atoms with Crippen molar-refractivity contribution in [2.24, 2.45) is 0 Å². The lowest BCUT2D eigenvalue weighted by molar-refractivity contribution is -0.870. The van der Waals surface area contributed by atoms with E-state index < -0.39 is 24.3 Å². The molecule has 1 N–H and O–H groups in total. The molecule has 0 aromatic rings. The molecule has 87 heavy (non-hydrogen) atoms. The van der Waals surface area contributed by atoms with Gasteiger partial charge in [0.1, 0.15) is 13.2 Å². The maximum absolute atomic E-state index is 13.0. The lowest BCUT2D eigenvalue weighted by atomic mass is 10.0. The van der Waals surface area contributed by atoms with Gasteiger partial charge in [-0.1, -0.05) is 317 Å². The van der Waals surface area contributed by atoms with Crippen LogP contribution in [0, 0.1) is 0 Å². The molecule has 0 amide bonds. The summed E-state index contributed by atoms with van der Waals surface area (Å²) in [7, 11) is 5.98. The molecule has 0 aromatic carbocycles. The third-order valence-electron chi connectivity index (χ3n) is 16.1. The van der Waals surface area contributed by atoms with E-state index in [2.05, 4.69) is 98.9 Å². The minimum atomic E-state index is -1.51. The summed E-state index contributed by atoms with van der Waals surface area (Å²) >= 11 is 0. The molecule has 0 spiro atoms. The van der Waals surface area contributed by atoms with Gasteiger partial charge in [0, 0.05) is 12.8 Å². The molecular formula is C78H140NO8+. The fourth-order valence-electron chi connectivity index (χ4n) is 10.5. The normalized spacial score (nSPS) is 13.2. The van der Waals surface area contributed by atoms with Gasteiger partial charge in [0.2, 0.25) is 0 Å². The van der Waals surface area contributed by atoms with Crippen LogP contribution in [0.15, 0.2) is 85.1 Å². The van der Waals surface area contributed by atoms with Crippen LogP contribution < -0.4 is 0 Å². The van der Waals surface area contributed by atoms with Crippen LogP contribution in [-0.4, -0.2) is 87.4 Å². The number of esters is 2. The highest BCUT2D eigenvalue weighted by Gasteiger charge is 2.25. The summed E-state index contributed by atoms with van der Waals surface area (Å²) < 4.78 is 23.0. The predicted octanol–water partition coefficient (Wildman–Crippen LogP) is 23.0. The van der Waals surface area contributed by atoms with Crippen LogP contribution in [0.25, 0.3) is 0 Å². The fourth-order valence-corrected chi connectivity index (χ4v) is 10.5. The van der Waals surface area contributed by atoms with Crippen molar-refractivity contribution in [2.75, 3.05) is 47.5 Å². The topological polar surface area (TPSA) is 108 Å². The first-order chi connectivity index (χ1) is 42.6. The second-order valence-corrected chi connectivity index (χ2v) is 25.9. The van der Waals surface area contributed by atoms with Crippen molar-refractivity contribution in [2.45, 2.75) is 347 Å². The first-order valence-corrected chi connectivity index (χ1v) is 36.8. The Morgan fingerprint density at radius 2 is 0.655 bits per heavy atom. The minimum absolute atomic E-state index is 0.185. The molecule has 0 aliphatic carbocycles. The van der Waals surface area contributed by atoms with Crippen molar-refractivity contribution in [3.05, 3.63) is 85.1 Å². The van der Waals surface area contributed by atoms with Crippen molar-refractivity contribution in [3.63, 3.8) is 0 Å². The molecule has 2 atom stereocenters. The third-order valence-corrected chi connectivity index (χ3v) is 16.1. The highest BCUT2D eigenvalue weighted by Crippen LogP contribution is 2.18. The number of rotatable bonds is 68. The van der Waals surface area contributed by atoms with Crippen LogP contribution in [0.2, 0.25) is 0 Å². The van der Waals surface area contributed by atoms with Crippen LogP contribution in [-0.2, 0) is 33.3 Å². The molecule has 0 saturated heterocycles. The average molecular weight is 1220 g/mol. The maximum Gasteiger partial charge on any atom is 0.361 e. The lowest BCUT2D eigenvalue weighted by Gasteiger charge is -2.25. The Bertz CT molecular complexity index is 1700. The van der Waals surface area contributed by atoms with Crippen LogP contribution in [0.3, 0.4) is 0 Å². The van der Waals surface area contributed by atoms with Gasteiger partial charge < -0.3 is 28.5 Å². The number of carbonyl (C=O) groups is 3. The smallest absolute Gasteiger partial charge is 0.361 e. The Balaban J connectivity index is 4.01. The van der Waals surface area contributed by atoms with E-state index >= 15 is 0 Å². The molecule has 0 rings (SSSR count). The average Bonchev–Trinajstić information content (AvgIpc) is 3.55. The van der Waals surface area contributed by atoms with Gasteiger partial charge in [-0.3, -0.25) is 9.59 Å². The summed E-state index contributed by atoms with van der Waals surface area (Å²) in [4.78, 5) is 37.6. The number of nitrogens with zero attached hydrogens (tertiary/aromatic N) is 1. The summed E-state index contributed by atoms with van der Waals surface area (Å²) in [6, 6.07) is 0. The van der Waals surface area contributed by atoms with Crippen LogP contribution >= 0.6 is 0 Å². The quantitative estimate of drug-likeness (QED) is 0.0211. The molecule has 0 heterocycles. The van der Waals surface area contributed by atoms with E-state index in [4.69, 9.17) is 18.9 Å². The van der Waals surface area contributed by atoms with Gasteiger partial charge in [0.15, 0.2) is 6.10 Å². The molecule has 0 bridgehead atoms. The fraction of sp³-hybridized carbons (Fsp3) is 0.782. The second kappa shape index (κ2) is 68.4. The van der Waals surface area contributed by atoms with E-state index in [0.717, 1.165) is 89.9 Å². The number of ether oxygens (including phenoxy) is 4. The number of allylic oxidation sites excluding steroid dienone is 14. The Hall–Kier alpha value is -3.53. The monoisotopic (exact) mass is 1220 g/mol.